The molecule has 2 rings (SSSR count). The molecule has 0 spiro atoms. The first-order valence-electron chi connectivity index (χ1n) is 5.22. The highest BCUT2D eigenvalue weighted by Crippen LogP contribution is 2.22. The van der Waals surface area contributed by atoms with E-state index in [1.807, 2.05) is 6.92 Å². The van der Waals surface area contributed by atoms with Crippen molar-refractivity contribution in [3.05, 3.63) is 0 Å². The fourth-order valence-corrected chi connectivity index (χ4v) is 1.52. The minimum atomic E-state index is -0.220. The van der Waals surface area contributed by atoms with Crippen LogP contribution in [0.1, 0.15) is 26.2 Å². The molecule has 0 aromatic rings. The van der Waals surface area contributed by atoms with Crippen molar-refractivity contribution < 1.29 is 14.3 Å². The van der Waals surface area contributed by atoms with E-state index >= 15 is 0 Å². The predicted molar refractivity (Wildman–Crippen MR) is 51.0 cm³/mol. The van der Waals surface area contributed by atoms with Crippen LogP contribution in [0, 0.1) is 0 Å². The fraction of sp³-hybridized carbons (Fsp3) is 0.900. The van der Waals surface area contributed by atoms with Gasteiger partial charge in [-0.3, -0.25) is 0 Å². The van der Waals surface area contributed by atoms with E-state index in [4.69, 9.17) is 9.47 Å². The molecule has 1 saturated carbocycles. The van der Waals surface area contributed by atoms with Crippen molar-refractivity contribution >= 4 is 5.97 Å². The van der Waals surface area contributed by atoms with E-state index in [1.165, 1.54) is 6.42 Å². The van der Waals surface area contributed by atoms with Crippen LogP contribution in [0.15, 0.2) is 0 Å². The van der Waals surface area contributed by atoms with Crippen LogP contribution in [0.3, 0.4) is 0 Å². The normalized spacial score (nSPS) is 24.9. The molecule has 4 heteroatoms. The van der Waals surface area contributed by atoms with Gasteiger partial charge >= 0.3 is 5.97 Å². The highest BCUT2D eigenvalue weighted by molar-refractivity contribution is 5.71. The van der Waals surface area contributed by atoms with Crippen molar-refractivity contribution in [2.45, 2.75) is 37.9 Å². The number of nitrogens with one attached hydrogen (secondary N) is 1. The lowest BCUT2D eigenvalue weighted by molar-refractivity contribution is -0.167. The van der Waals surface area contributed by atoms with Gasteiger partial charge in [0, 0.05) is 13.1 Å². The summed E-state index contributed by atoms with van der Waals surface area (Å²) in [7, 11) is 0. The summed E-state index contributed by atoms with van der Waals surface area (Å²) in [6.07, 6.45) is 3.38. The summed E-state index contributed by atoms with van der Waals surface area (Å²) in [6, 6.07) is 0. The van der Waals surface area contributed by atoms with Gasteiger partial charge in [0.05, 0.1) is 5.60 Å². The summed E-state index contributed by atoms with van der Waals surface area (Å²) in [6.45, 7) is 3.74. The average molecular weight is 199 g/mol. The zero-order chi connectivity index (χ0) is 10.0. The molecule has 80 valence electrons. The molecule has 1 saturated heterocycles. The maximum Gasteiger partial charge on any atom is 0.332 e. The Morgan fingerprint density at radius 1 is 1.50 bits per heavy atom. The molecule has 0 bridgehead atoms. The Morgan fingerprint density at radius 2 is 2.21 bits per heavy atom. The van der Waals surface area contributed by atoms with Crippen LogP contribution in [-0.4, -0.2) is 37.4 Å². The van der Waals surface area contributed by atoms with Gasteiger partial charge in [-0.25, -0.2) is 4.79 Å². The third-order valence-electron chi connectivity index (χ3n) is 2.89. The van der Waals surface area contributed by atoms with Gasteiger partial charge < -0.3 is 14.8 Å². The molecule has 0 radical (unpaired) electrons. The molecule has 0 atom stereocenters. The van der Waals surface area contributed by atoms with Crippen LogP contribution in [0.4, 0.5) is 0 Å². The third-order valence-corrected chi connectivity index (χ3v) is 2.89. The Balaban J connectivity index is 1.61. The maximum absolute atomic E-state index is 11.3. The van der Waals surface area contributed by atoms with Crippen molar-refractivity contribution in [3.63, 3.8) is 0 Å². The zero-order valence-corrected chi connectivity index (χ0v) is 8.54. The van der Waals surface area contributed by atoms with Crippen LogP contribution in [-0.2, 0) is 14.3 Å². The molecular formula is C10H17NO3. The van der Waals surface area contributed by atoms with Gasteiger partial charge in [-0.05, 0) is 26.2 Å². The van der Waals surface area contributed by atoms with Crippen LogP contribution < -0.4 is 5.32 Å². The molecule has 1 aliphatic carbocycles. The summed E-state index contributed by atoms with van der Waals surface area (Å²) in [4.78, 5) is 11.3. The van der Waals surface area contributed by atoms with Gasteiger partial charge in [0.1, 0.15) is 12.7 Å². The molecule has 1 heterocycles. The fourth-order valence-electron chi connectivity index (χ4n) is 1.52. The van der Waals surface area contributed by atoms with E-state index in [0.717, 1.165) is 25.9 Å². The van der Waals surface area contributed by atoms with Crippen molar-refractivity contribution in [3.8, 4) is 0 Å². The Kier molecular flexibility index (Phi) is 2.74. The Hall–Kier alpha value is -0.610. The van der Waals surface area contributed by atoms with Crippen molar-refractivity contribution in [1.29, 1.82) is 0 Å². The number of hydrogen-bond acceptors (Lipinski definition) is 4. The van der Waals surface area contributed by atoms with Crippen LogP contribution in [0.25, 0.3) is 0 Å². The van der Waals surface area contributed by atoms with Crippen molar-refractivity contribution in [2.75, 3.05) is 19.7 Å². The summed E-state index contributed by atoms with van der Waals surface area (Å²) >= 11 is 0. The zero-order valence-electron chi connectivity index (χ0n) is 8.54. The lowest BCUT2D eigenvalue weighted by atomic mass is 9.96. The van der Waals surface area contributed by atoms with Gasteiger partial charge in [0.2, 0.25) is 0 Å². The first-order chi connectivity index (χ1) is 6.68. The van der Waals surface area contributed by atoms with E-state index in [1.54, 1.807) is 0 Å². The molecule has 2 aliphatic rings. The van der Waals surface area contributed by atoms with Crippen molar-refractivity contribution in [1.82, 2.24) is 5.32 Å². The number of ether oxygens (including phenoxy) is 2. The molecule has 4 nitrogen and oxygen atoms in total. The average Bonchev–Trinajstić information content (AvgIpc) is 2.05. The first-order valence-corrected chi connectivity index (χ1v) is 5.22. The second kappa shape index (κ2) is 3.87. The largest absolute Gasteiger partial charge is 0.461 e. The van der Waals surface area contributed by atoms with Gasteiger partial charge in [-0.1, -0.05) is 0 Å². The molecule has 0 aromatic heterocycles. The Bertz CT molecular complexity index is 221. The third kappa shape index (κ3) is 2.25. The van der Waals surface area contributed by atoms with Crippen LogP contribution in [0.5, 0.6) is 0 Å². The molecule has 0 unspecified atom stereocenters. The molecule has 2 fully saturated rings. The Labute approximate surface area is 84.0 Å². The first kappa shape index (κ1) is 9.93. The number of carbonyl (C=O) groups is 1. The van der Waals surface area contributed by atoms with E-state index in [0.29, 0.717) is 0 Å². The van der Waals surface area contributed by atoms with E-state index < -0.39 is 0 Å². The molecule has 0 amide bonds. The second-order valence-corrected chi connectivity index (χ2v) is 4.38. The highest BCUT2D eigenvalue weighted by atomic mass is 16.6. The van der Waals surface area contributed by atoms with Crippen molar-refractivity contribution in [2.24, 2.45) is 0 Å². The smallest absolute Gasteiger partial charge is 0.332 e. The quantitative estimate of drug-likeness (QED) is 0.668. The number of carbonyl (C=O) groups excluding carboxylic acids is 1. The Morgan fingerprint density at radius 3 is 2.64 bits per heavy atom. The van der Waals surface area contributed by atoms with E-state index in [-0.39, 0.29) is 24.3 Å². The molecule has 0 aromatic carbocycles. The number of esters is 1. The SMILES string of the molecule is CC1(OCC(=O)OC2CCC2)CNC1. The molecule has 1 aliphatic heterocycles. The van der Waals surface area contributed by atoms with Gasteiger partial charge in [0.25, 0.3) is 0 Å². The van der Waals surface area contributed by atoms with Crippen LogP contribution in [0.2, 0.25) is 0 Å². The monoisotopic (exact) mass is 199 g/mol. The van der Waals surface area contributed by atoms with E-state index in [9.17, 15) is 4.79 Å². The lowest BCUT2D eigenvalue weighted by Crippen LogP contribution is -2.59. The maximum atomic E-state index is 11.3. The topological polar surface area (TPSA) is 47.6 Å². The molecule has 14 heavy (non-hydrogen) atoms. The van der Waals surface area contributed by atoms with Gasteiger partial charge in [-0.15, -0.1) is 0 Å². The summed E-state index contributed by atoms with van der Waals surface area (Å²) in [5, 5.41) is 3.11. The van der Waals surface area contributed by atoms with Crippen LogP contribution >= 0.6 is 0 Å². The van der Waals surface area contributed by atoms with Gasteiger partial charge in [-0.2, -0.15) is 0 Å². The number of hydrogen-bond donors (Lipinski definition) is 1. The summed E-state index contributed by atoms with van der Waals surface area (Å²) in [5.74, 6) is -0.220. The van der Waals surface area contributed by atoms with E-state index in [2.05, 4.69) is 5.32 Å². The van der Waals surface area contributed by atoms with Gasteiger partial charge in [0.15, 0.2) is 0 Å². The lowest BCUT2D eigenvalue weighted by Gasteiger charge is -2.38. The minimum absolute atomic E-state index is 0.0919. The second-order valence-electron chi connectivity index (χ2n) is 4.38. The number of rotatable bonds is 4. The minimum Gasteiger partial charge on any atom is -0.461 e. The predicted octanol–water partition coefficient (Wildman–Crippen LogP) is 0.461. The summed E-state index contributed by atoms with van der Waals surface area (Å²) < 4.78 is 10.6. The standard InChI is InChI=1S/C10H17NO3/c1-10(6-11-7-10)13-5-9(12)14-8-3-2-4-8/h8,11H,2-7H2,1H3. The molecular weight excluding hydrogens is 182 g/mol. The summed E-state index contributed by atoms with van der Waals surface area (Å²) in [5.41, 5.74) is -0.154. The molecule has 1 N–H and O–H groups in total. The highest BCUT2D eigenvalue weighted by Gasteiger charge is 2.33.